The van der Waals surface area contributed by atoms with Crippen LogP contribution >= 0.6 is 11.3 Å². The molecule has 0 fully saturated rings. The van der Waals surface area contributed by atoms with Crippen LogP contribution < -0.4 is 4.72 Å². The number of rotatable bonds is 4. The first-order valence-corrected chi connectivity index (χ1v) is 7.46. The molecule has 102 valence electrons. The molecule has 0 amide bonds. The monoisotopic (exact) mass is 305 g/mol. The Labute approximate surface area is 112 Å². The molecule has 0 radical (unpaired) electrons. The van der Waals surface area contributed by atoms with E-state index in [0.717, 1.165) is 23.5 Å². The van der Waals surface area contributed by atoms with Gasteiger partial charge in [-0.05, 0) is 23.6 Å². The third-order valence-electron chi connectivity index (χ3n) is 2.33. The lowest BCUT2D eigenvalue weighted by Gasteiger charge is -2.09. The Balaban J connectivity index is 2.40. The number of sulfonamides is 1. The van der Waals surface area contributed by atoms with Crippen molar-refractivity contribution in [3.05, 3.63) is 46.2 Å². The highest BCUT2D eigenvalue weighted by Crippen LogP contribution is 2.25. The maximum Gasteiger partial charge on any atom is 0.263 e. The summed E-state index contributed by atoms with van der Waals surface area (Å²) in [7, 11) is -4.06. The summed E-state index contributed by atoms with van der Waals surface area (Å²) < 4.78 is 52.4. The van der Waals surface area contributed by atoms with Crippen LogP contribution in [-0.2, 0) is 16.6 Å². The van der Waals surface area contributed by atoms with Crippen LogP contribution in [0.2, 0.25) is 0 Å². The fourth-order valence-corrected chi connectivity index (χ4v) is 3.82. The summed E-state index contributed by atoms with van der Waals surface area (Å²) in [6, 6.07) is 4.48. The largest absolute Gasteiger partial charge is 0.391 e. The zero-order valence-corrected chi connectivity index (χ0v) is 11.1. The van der Waals surface area contributed by atoms with Gasteiger partial charge in [0.15, 0.2) is 11.6 Å². The van der Waals surface area contributed by atoms with Crippen molar-refractivity contribution in [2.24, 2.45) is 0 Å². The molecule has 0 saturated carbocycles. The molecule has 8 heteroatoms. The fourth-order valence-electron chi connectivity index (χ4n) is 1.47. The van der Waals surface area contributed by atoms with Gasteiger partial charge in [0.1, 0.15) is 4.90 Å². The third kappa shape index (κ3) is 2.75. The van der Waals surface area contributed by atoms with E-state index in [1.165, 1.54) is 17.5 Å². The van der Waals surface area contributed by atoms with Gasteiger partial charge in [-0.25, -0.2) is 17.2 Å². The molecule has 1 aromatic heterocycles. The number of benzene rings is 1. The first-order chi connectivity index (χ1) is 8.95. The lowest BCUT2D eigenvalue weighted by atomic mass is 10.3. The summed E-state index contributed by atoms with van der Waals surface area (Å²) >= 11 is 1.06. The van der Waals surface area contributed by atoms with Gasteiger partial charge in [0.05, 0.1) is 17.2 Å². The standard InChI is InChI=1S/C11H9F2NO3S2/c12-7-2-1-3-8(11(7)13)14-19(16,17)10-4-5-18-9(10)6-15/h1-5,14-15H,6H2. The lowest BCUT2D eigenvalue weighted by Crippen LogP contribution is -2.15. The third-order valence-corrected chi connectivity index (χ3v) is 4.82. The molecule has 0 aliphatic heterocycles. The minimum absolute atomic E-state index is 0.149. The molecule has 2 aromatic rings. The highest BCUT2D eigenvalue weighted by atomic mass is 32.2. The topological polar surface area (TPSA) is 66.4 Å². The Morgan fingerprint density at radius 2 is 2.00 bits per heavy atom. The molecule has 0 bridgehead atoms. The SMILES string of the molecule is O=S(=O)(Nc1cccc(F)c1F)c1ccsc1CO. The first-order valence-electron chi connectivity index (χ1n) is 5.10. The van der Waals surface area contributed by atoms with Crippen molar-refractivity contribution in [3.63, 3.8) is 0 Å². The van der Waals surface area contributed by atoms with Crippen molar-refractivity contribution in [2.45, 2.75) is 11.5 Å². The molecule has 0 unspecified atom stereocenters. The van der Waals surface area contributed by atoms with E-state index in [1.54, 1.807) is 0 Å². The first kappa shape index (κ1) is 13.9. The molecule has 0 aliphatic carbocycles. The molecule has 19 heavy (non-hydrogen) atoms. The van der Waals surface area contributed by atoms with Crippen molar-refractivity contribution in [3.8, 4) is 0 Å². The van der Waals surface area contributed by atoms with Gasteiger partial charge in [-0.2, -0.15) is 0 Å². The molecule has 0 aliphatic rings. The Morgan fingerprint density at radius 1 is 1.26 bits per heavy atom. The van der Waals surface area contributed by atoms with E-state index in [2.05, 4.69) is 0 Å². The van der Waals surface area contributed by atoms with Crippen LogP contribution in [0.15, 0.2) is 34.5 Å². The average molecular weight is 305 g/mol. The Morgan fingerprint density at radius 3 is 2.68 bits per heavy atom. The molecule has 2 rings (SSSR count). The number of halogens is 2. The van der Waals surface area contributed by atoms with Crippen LogP contribution in [0.25, 0.3) is 0 Å². The van der Waals surface area contributed by atoms with Crippen molar-refractivity contribution in [1.82, 2.24) is 0 Å². The van der Waals surface area contributed by atoms with E-state index >= 15 is 0 Å². The van der Waals surface area contributed by atoms with Gasteiger partial charge in [-0.15, -0.1) is 11.3 Å². The molecule has 1 aromatic carbocycles. The zero-order valence-electron chi connectivity index (χ0n) is 9.43. The normalized spacial score (nSPS) is 11.5. The number of anilines is 1. The number of hydrogen-bond acceptors (Lipinski definition) is 4. The molecule has 1 heterocycles. The van der Waals surface area contributed by atoms with Crippen molar-refractivity contribution < 1.29 is 22.3 Å². The molecule has 0 atom stereocenters. The molecule has 4 nitrogen and oxygen atoms in total. The van der Waals surface area contributed by atoms with Crippen LogP contribution in [0, 0.1) is 11.6 Å². The Kier molecular flexibility index (Phi) is 3.83. The summed E-state index contributed by atoms with van der Waals surface area (Å²) in [6.45, 7) is -0.445. The number of hydrogen-bond donors (Lipinski definition) is 2. The van der Waals surface area contributed by atoms with Crippen LogP contribution in [0.1, 0.15) is 4.88 Å². The quantitative estimate of drug-likeness (QED) is 0.911. The summed E-state index contributed by atoms with van der Waals surface area (Å²) in [5.74, 6) is -2.42. The Bertz CT molecular complexity index is 698. The lowest BCUT2D eigenvalue weighted by molar-refractivity contribution is 0.282. The average Bonchev–Trinajstić information content (AvgIpc) is 2.84. The second-order valence-corrected chi connectivity index (χ2v) is 6.22. The van der Waals surface area contributed by atoms with Crippen LogP contribution in [0.5, 0.6) is 0 Å². The van der Waals surface area contributed by atoms with Crippen molar-refractivity contribution >= 4 is 27.0 Å². The number of thiophene rings is 1. The predicted molar refractivity (Wildman–Crippen MR) is 67.4 cm³/mol. The van der Waals surface area contributed by atoms with Gasteiger partial charge in [0, 0.05) is 0 Å². The summed E-state index contributed by atoms with van der Waals surface area (Å²) in [5.41, 5.74) is -0.477. The zero-order chi connectivity index (χ0) is 14.0. The number of aliphatic hydroxyl groups is 1. The molecular weight excluding hydrogens is 296 g/mol. The van der Waals surface area contributed by atoms with Crippen LogP contribution in [0.4, 0.5) is 14.5 Å². The molecule has 0 saturated heterocycles. The molecule has 0 spiro atoms. The summed E-state index contributed by atoms with van der Waals surface area (Å²) in [6.07, 6.45) is 0. The van der Waals surface area contributed by atoms with Crippen molar-refractivity contribution in [2.75, 3.05) is 4.72 Å². The van der Waals surface area contributed by atoms with E-state index in [4.69, 9.17) is 5.11 Å². The molecule has 2 N–H and O–H groups in total. The van der Waals surface area contributed by atoms with Gasteiger partial charge < -0.3 is 5.11 Å². The van der Waals surface area contributed by atoms with E-state index in [0.29, 0.717) is 0 Å². The highest BCUT2D eigenvalue weighted by molar-refractivity contribution is 7.93. The smallest absolute Gasteiger partial charge is 0.263 e. The maximum atomic E-state index is 13.4. The highest BCUT2D eigenvalue weighted by Gasteiger charge is 2.21. The van der Waals surface area contributed by atoms with Crippen molar-refractivity contribution in [1.29, 1.82) is 0 Å². The summed E-state index contributed by atoms with van der Waals surface area (Å²) in [4.78, 5) is 0.0768. The van der Waals surface area contributed by atoms with Gasteiger partial charge in [0.2, 0.25) is 0 Å². The van der Waals surface area contributed by atoms with Gasteiger partial charge >= 0.3 is 0 Å². The van der Waals surface area contributed by atoms with Crippen LogP contribution in [-0.4, -0.2) is 13.5 Å². The fraction of sp³-hybridized carbons (Fsp3) is 0.0909. The van der Waals surface area contributed by atoms with E-state index < -0.39 is 34.0 Å². The minimum atomic E-state index is -4.06. The number of aliphatic hydroxyl groups excluding tert-OH is 1. The van der Waals surface area contributed by atoms with E-state index in [-0.39, 0.29) is 9.77 Å². The van der Waals surface area contributed by atoms with Crippen LogP contribution in [0.3, 0.4) is 0 Å². The second kappa shape index (κ2) is 5.24. The maximum absolute atomic E-state index is 13.4. The minimum Gasteiger partial charge on any atom is -0.391 e. The van der Waals surface area contributed by atoms with E-state index in [1.807, 2.05) is 4.72 Å². The van der Waals surface area contributed by atoms with Gasteiger partial charge in [-0.3, -0.25) is 4.72 Å². The van der Waals surface area contributed by atoms with Gasteiger partial charge in [0.25, 0.3) is 10.0 Å². The van der Waals surface area contributed by atoms with E-state index in [9.17, 15) is 17.2 Å². The predicted octanol–water partition coefficient (Wildman–Crippen LogP) is 2.32. The summed E-state index contributed by atoms with van der Waals surface area (Å²) in [5, 5.41) is 10.5. The number of nitrogens with one attached hydrogen (secondary N) is 1. The Hall–Kier alpha value is -1.51. The van der Waals surface area contributed by atoms with Gasteiger partial charge in [-0.1, -0.05) is 6.07 Å². The molecular formula is C11H9F2NO3S2. The second-order valence-electron chi connectivity index (χ2n) is 3.57.